The number of rotatable bonds is 3. The van der Waals surface area contributed by atoms with E-state index in [-0.39, 0.29) is 6.10 Å². The number of carboxylic acids is 1. The lowest BCUT2D eigenvalue weighted by Gasteiger charge is -2.29. The third kappa shape index (κ3) is 3.27. The summed E-state index contributed by atoms with van der Waals surface area (Å²) in [5, 5.41) is 8.97. The molecule has 1 rings (SSSR count). The van der Waals surface area contributed by atoms with E-state index >= 15 is 0 Å². The van der Waals surface area contributed by atoms with Crippen molar-refractivity contribution in [1.82, 2.24) is 0 Å². The van der Waals surface area contributed by atoms with Gasteiger partial charge in [0.1, 0.15) is 0 Å². The van der Waals surface area contributed by atoms with Gasteiger partial charge in [0.25, 0.3) is 0 Å². The maximum absolute atomic E-state index is 10.9. The lowest BCUT2D eigenvalue weighted by atomic mass is 9.97. The number of carboxylic acid groups (broad SMARTS) is 1. The summed E-state index contributed by atoms with van der Waals surface area (Å²) in [6, 6.07) is 0. The summed E-state index contributed by atoms with van der Waals surface area (Å²) in [5.74, 6) is -0.826. The fraction of sp³-hybridized carbons (Fsp3) is 0.700. The minimum absolute atomic E-state index is 0.173. The summed E-state index contributed by atoms with van der Waals surface area (Å²) in [6.07, 6.45) is 4.38. The molecule has 0 saturated heterocycles. The number of allylic oxidation sites excluding steroid dienone is 1. The topological polar surface area (TPSA) is 46.5 Å². The van der Waals surface area contributed by atoms with Gasteiger partial charge in [-0.3, -0.25) is 0 Å². The molecule has 0 aromatic carbocycles. The van der Waals surface area contributed by atoms with Crippen LogP contribution in [0.25, 0.3) is 0 Å². The maximum atomic E-state index is 10.9. The van der Waals surface area contributed by atoms with Gasteiger partial charge in [0, 0.05) is 0 Å². The molecule has 4 heteroatoms. The molecule has 80 valence electrons. The minimum atomic E-state index is -1.64. The molecule has 0 spiro atoms. The number of hydrogen-bond donors (Lipinski definition) is 1. The predicted molar refractivity (Wildman–Crippen MR) is 57.8 cm³/mol. The van der Waals surface area contributed by atoms with Crippen molar-refractivity contribution in [2.75, 3.05) is 0 Å². The predicted octanol–water partition coefficient (Wildman–Crippen LogP) is 2.40. The van der Waals surface area contributed by atoms with Crippen molar-refractivity contribution < 1.29 is 14.3 Å². The van der Waals surface area contributed by atoms with Crippen molar-refractivity contribution in [2.24, 2.45) is 0 Å². The molecule has 14 heavy (non-hydrogen) atoms. The van der Waals surface area contributed by atoms with Crippen molar-refractivity contribution in [3.63, 3.8) is 0 Å². The first-order valence-electron chi connectivity index (χ1n) is 5.01. The van der Waals surface area contributed by atoms with E-state index in [1.165, 1.54) is 0 Å². The number of carbonyl (C=O) groups is 1. The zero-order valence-corrected chi connectivity index (χ0v) is 10.0. The molecule has 0 radical (unpaired) electrons. The van der Waals surface area contributed by atoms with E-state index in [1.54, 1.807) is 6.08 Å². The van der Waals surface area contributed by atoms with Crippen LogP contribution in [0, 0.1) is 0 Å². The van der Waals surface area contributed by atoms with E-state index in [9.17, 15) is 4.79 Å². The van der Waals surface area contributed by atoms with E-state index in [2.05, 4.69) is 19.6 Å². The highest BCUT2D eigenvalue weighted by Gasteiger charge is 2.28. The van der Waals surface area contributed by atoms with Crippen LogP contribution in [0.3, 0.4) is 0 Å². The Morgan fingerprint density at radius 2 is 2.21 bits per heavy atom. The summed E-state index contributed by atoms with van der Waals surface area (Å²) in [4.78, 5) is 10.9. The monoisotopic (exact) mass is 214 g/mol. The molecule has 0 amide bonds. The Morgan fingerprint density at radius 3 is 2.71 bits per heavy atom. The standard InChI is InChI=1S/C10H18O3Si/c1-14(2,3)13-9-7-5-4-6-8(9)10(11)12/h6,9H,4-5,7H2,1-3H3,(H,11,12). The Morgan fingerprint density at radius 1 is 1.57 bits per heavy atom. The Balaban J connectivity index is 2.71. The van der Waals surface area contributed by atoms with Gasteiger partial charge in [-0.25, -0.2) is 4.79 Å². The molecule has 1 aliphatic rings. The molecule has 1 aliphatic carbocycles. The molecule has 1 N–H and O–H groups in total. The highest BCUT2D eigenvalue weighted by atomic mass is 28.4. The average molecular weight is 214 g/mol. The van der Waals surface area contributed by atoms with Gasteiger partial charge in [-0.2, -0.15) is 0 Å². The summed E-state index contributed by atoms with van der Waals surface area (Å²) >= 11 is 0. The second-order valence-corrected chi connectivity index (χ2v) is 9.07. The summed E-state index contributed by atoms with van der Waals surface area (Å²) in [7, 11) is -1.64. The summed E-state index contributed by atoms with van der Waals surface area (Å²) in [6.45, 7) is 6.25. The van der Waals surface area contributed by atoms with Crippen LogP contribution in [-0.2, 0) is 9.22 Å². The van der Waals surface area contributed by atoms with Crippen molar-refractivity contribution in [3.8, 4) is 0 Å². The molecule has 0 saturated carbocycles. The highest BCUT2D eigenvalue weighted by Crippen LogP contribution is 2.24. The smallest absolute Gasteiger partial charge is 0.333 e. The summed E-state index contributed by atoms with van der Waals surface area (Å²) < 4.78 is 5.84. The van der Waals surface area contributed by atoms with Crippen LogP contribution in [0.1, 0.15) is 19.3 Å². The normalized spacial score (nSPS) is 23.1. The van der Waals surface area contributed by atoms with Gasteiger partial charge < -0.3 is 9.53 Å². The van der Waals surface area contributed by atoms with Gasteiger partial charge in [0.05, 0.1) is 11.7 Å². The van der Waals surface area contributed by atoms with Crippen LogP contribution >= 0.6 is 0 Å². The second kappa shape index (κ2) is 4.27. The van der Waals surface area contributed by atoms with E-state index in [0.717, 1.165) is 19.3 Å². The Hall–Kier alpha value is -0.613. The second-order valence-electron chi connectivity index (χ2n) is 4.61. The zero-order valence-electron chi connectivity index (χ0n) is 9.04. The van der Waals surface area contributed by atoms with E-state index in [4.69, 9.17) is 9.53 Å². The van der Waals surface area contributed by atoms with Crippen molar-refractivity contribution in [1.29, 1.82) is 0 Å². The molecule has 3 nitrogen and oxygen atoms in total. The fourth-order valence-electron chi connectivity index (χ4n) is 1.62. The molecular formula is C10H18O3Si. The van der Waals surface area contributed by atoms with E-state index < -0.39 is 14.3 Å². The number of aliphatic carboxylic acids is 1. The van der Waals surface area contributed by atoms with E-state index in [0.29, 0.717) is 5.57 Å². The first kappa shape index (κ1) is 11.5. The lowest BCUT2D eigenvalue weighted by molar-refractivity contribution is -0.133. The fourth-order valence-corrected chi connectivity index (χ4v) is 2.72. The first-order chi connectivity index (χ1) is 6.40. The number of hydrogen-bond acceptors (Lipinski definition) is 2. The molecule has 1 unspecified atom stereocenters. The molecule has 0 fully saturated rings. The van der Waals surface area contributed by atoms with Crippen LogP contribution in [0.5, 0.6) is 0 Å². The minimum Gasteiger partial charge on any atom is -0.478 e. The van der Waals surface area contributed by atoms with Gasteiger partial charge in [-0.1, -0.05) is 6.08 Å². The van der Waals surface area contributed by atoms with Gasteiger partial charge in [0.2, 0.25) is 0 Å². The molecular weight excluding hydrogens is 196 g/mol. The molecule has 0 heterocycles. The summed E-state index contributed by atoms with van der Waals surface area (Å²) in [5.41, 5.74) is 0.457. The molecule has 1 atom stereocenters. The third-order valence-electron chi connectivity index (χ3n) is 2.12. The van der Waals surface area contributed by atoms with Crippen molar-refractivity contribution >= 4 is 14.3 Å². The van der Waals surface area contributed by atoms with E-state index in [1.807, 2.05) is 0 Å². The van der Waals surface area contributed by atoms with Crippen LogP contribution in [0.4, 0.5) is 0 Å². The first-order valence-corrected chi connectivity index (χ1v) is 8.42. The maximum Gasteiger partial charge on any atom is 0.333 e. The third-order valence-corrected chi connectivity index (χ3v) is 3.12. The van der Waals surface area contributed by atoms with Crippen LogP contribution in [0.15, 0.2) is 11.6 Å². The van der Waals surface area contributed by atoms with Crippen molar-refractivity contribution in [3.05, 3.63) is 11.6 Å². The molecule has 0 aromatic rings. The van der Waals surface area contributed by atoms with Crippen LogP contribution in [-0.4, -0.2) is 25.5 Å². The quantitative estimate of drug-likeness (QED) is 0.734. The lowest BCUT2D eigenvalue weighted by Crippen LogP contribution is -2.35. The SMILES string of the molecule is C[Si](C)(C)OC1CCCC=C1C(=O)O. The average Bonchev–Trinajstić information content (AvgIpc) is 2.01. The van der Waals surface area contributed by atoms with Gasteiger partial charge in [-0.05, 0) is 38.9 Å². The molecule has 0 aliphatic heterocycles. The molecule has 0 aromatic heterocycles. The largest absolute Gasteiger partial charge is 0.478 e. The Bertz CT molecular complexity index is 253. The van der Waals surface area contributed by atoms with Gasteiger partial charge >= 0.3 is 5.97 Å². The molecule has 0 bridgehead atoms. The van der Waals surface area contributed by atoms with Crippen LogP contribution < -0.4 is 0 Å². The highest BCUT2D eigenvalue weighted by molar-refractivity contribution is 6.69. The Kier molecular flexibility index (Phi) is 3.50. The zero-order chi connectivity index (χ0) is 10.8. The van der Waals surface area contributed by atoms with Gasteiger partial charge in [-0.15, -0.1) is 0 Å². The Labute approximate surface area is 85.9 Å². The van der Waals surface area contributed by atoms with Crippen molar-refractivity contribution in [2.45, 2.75) is 45.0 Å². The van der Waals surface area contributed by atoms with Crippen LogP contribution in [0.2, 0.25) is 19.6 Å². The van der Waals surface area contributed by atoms with Gasteiger partial charge in [0.15, 0.2) is 8.32 Å².